The molecule has 1 aromatic carbocycles. The van der Waals surface area contributed by atoms with Gasteiger partial charge in [-0.25, -0.2) is 0 Å². The molecule has 4 heteroatoms. The number of benzene rings is 1. The molecule has 2 rings (SSSR count). The third kappa shape index (κ3) is 3.05. The van der Waals surface area contributed by atoms with Crippen molar-refractivity contribution in [2.45, 2.75) is 32.0 Å². The molecule has 1 aromatic rings. The van der Waals surface area contributed by atoms with Gasteiger partial charge in [-0.05, 0) is 37.5 Å². The highest BCUT2D eigenvalue weighted by atomic mass is 79.9. The van der Waals surface area contributed by atoms with E-state index < -0.39 is 6.10 Å². The van der Waals surface area contributed by atoms with Gasteiger partial charge in [0.05, 0.1) is 12.2 Å². The summed E-state index contributed by atoms with van der Waals surface area (Å²) < 4.78 is 6.41. The van der Waals surface area contributed by atoms with Crippen LogP contribution in [0, 0.1) is 0 Å². The first-order valence-electron chi connectivity index (χ1n) is 6.37. The largest absolute Gasteiger partial charge is 0.389 e. The minimum Gasteiger partial charge on any atom is -0.389 e. The summed E-state index contributed by atoms with van der Waals surface area (Å²) in [7, 11) is 1.78. The predicted octanol–water partition coefficient (Wildman–Crippen LogP) is 3.12. The summed E-state index contributed by atoms with van der Waals surface area (Å²) in [5.74, 6) is 0. The van der Waals surface area contributed by atoms with Crippen LogP contribution in [0.3, 0.4) is 0 Å². The monoisotopic (exact) mass is 313 g/mol. The van der Waals surface area contributed by atoms with Crippen LogP contribution in [-0.2, 0) is 4.74 Å². The minimum absolute atomic E-state index is 0.328. The van der Waals surface area contributed by atoms with Crippen LogP contribution in [0.4, 0.5) is 5.69 Å². The van der Waals surface area contributed by atoms with Crippen molar-refractivity contribution in [3.8, 4) is 0 Å². The standard InChI is InChI=1S/C14H20BrNO2/c1-10(17)13-6-5-11(8-14(13)15)16-7-3-4-12(9-16)18-2/h5-6,8,10,12,17H,3-4,7,9H2,1-2H3. The maximum absolute atomic E-state index is 9.62. The Balaban J connectivity index is 2.16. The van der Waals surface area contributed by atoms with Crippen molar-refractivity contribution in [1.82, 2.24) is 0 Å². The molecule has 1 heterocycles. The average Bonchev–Trinajstić information content (AvgIpc) is 2.38. The Kier molecular flexibility index (Phi) is 4.65. The van der Waals surface area contributed by atoms with Gasteiger partial charge in [0.1, 0.15) is 0 Å². The van der Waals surface area contributed by atoms with Crippen LogP contribution in [0.2, 0.25) is 0 Å². The Labute approximate surface area is 117 Å². The van der Waals surface area contributed by atoms with Crippen molar-refractivity contribution < 1.29 is 9.84 Å². The summed E-state index contributed by atoms with van der Waals surface area (Å²) in [6.07, 6.45) is 2.18. The molecule has 0 amide bonds. The molecule has 0 radical (unpaired) electrons. The molecule has 0 aromatic heterocycles. The molecular formula is C14H20BrNO2. The molecule has 3 nitrogen and oxygen atoms in total. The van der Waals surface area contributed by atoms with Crippen molar-refractivity contribution in [3.63, 3.8) is 0 Å². The zero-order chi connectivity index (χ0) is 13.1. The van der Waals surface area contributed by atoms with E-state index in [0.717, 1.165) is 36.0 Å². The van der Waals surface area contributed by atoms with Crippen molar-refractivity contribution >= 4 is 21.6 Å². The van der Waals surface area contributed by atoms with Crippen LogP contribution >= 0.6 is 15.9 Å². The van der Waals surface area contributed by atoms with Crippen LogP contribution < -0.4 is 4.90 Å². The quantitative estimate of drug-likeness (QED) is 0.930. The lowest BCUT2D eigenvalue weighted by molar-refractivity contribution is 0.0893. The number of halogens is 1. The Morgan fingerprint density at radius 1 is 1.50 bits per heavy atom. The van der Waals surface area contributed by atoms with Gasteiger partial charge in [-0.15, -0.1) is 0 Å². The first-order chi connectivity index (χ1) is 8.61. The van der Waals surface area contributed by atoms with Crippen molar-refractivity contribution in [2.24, 2.45) is 0 Å². The van der Waals surface area contributed by atoms with Gasteiger partial charge in [-0.3, -0.25) is 0 Å². The summed E-state index contributed by atoms with van der Waals surface area (Å²) in [4.78, 5) is 2.34. The first kappa shape index (κ1) is 13.8. The highest BCUT2D eigenvalue weighted by Gasteiger charge is 2.20. The number of ether oxygens (including phenoxy) is 1. The zero-order valence-electron chi connectivity index (χ0n) is 10.9. The number of aliphatic hydroxyl groups is 1. The normalized spacial score (nSPS) is 22.0. The fourth-order valence-electron chi connectivity index (χ4n) is 2.42. The molecule has 1 saturated heterocycles. The molecule has 2 atom stereocenters. The molecule has 100 valence electrons. The molecule has 18 heavy (non-hydrogen) atoms. The topological polar surface area (TPSA) is 32.7 Å². The SMILES string of the molecule is COC1CCCN(c2ccc(C(C)O)c(Br)c2)C1. The third-order valence-electron chi connectivity index (χ3n) is 3.51. The number of anilines is 1. The molecule has 2 unspecified atom stereocenters. The van der Waals surface area contributed by atoms with Crippen LogP contribution in [-0.4, -0.2) is 31.4 Å². The van der Waals surface area contributed by atoms with E-state index in [0.29, 0.717) is 6.10 Å². The fraction of sp³-hybridized carbons (Fsp3) is 0.571. The number of methoxy groups -OCH3 is 1. The van der Waals surface area contributed by atoms with Crippen LogP contribution in [0.1, 0.15) is 31.4 Å². The number of hydrogen-bond donors (Lipinski definition) is 1. The molecule has 0 saturated carbocycles. The summed E-state index contributed by atoms with van der Waals surface area (Å²) in [5.41, 5.74) is 2.12. The van der Waals surface area contributed by atoms with Crippen molar-refractivity contribution in [2.75, 3.05) is 25.1 Å². The van der Waals surface area contributed by atoms with Crippen LogP contribution in [0.15, 0.2) is 22.7 Å². The lowest BCUT2D eigenvalue weighted by atomic mass is 10.1. The Morgan fingerprint density at radius 2 is 2.28 bits per heavy atom. The lowest BCUT2D eigenvalue weighted by Gasteiger charge is -2.34. The molecule has 0 aliphatic carbocycles. The second-order valence-electron chi connectivity index (χ2n) is 4.83. The smallest absolute Gasteiger partial charge is 0.0772 e. The second kappa shape index (κ2) is 6.04. The number of aliphatic hydroxyl groups excluding tert-OH is 1. The van der Waals surface area contributed by atoms with Crippen LogP contribution in [0.25, 0.3) is 0 Å². The molecule has 0 spiro atoms. The molecule has 1 fully saturated rings. The van der Waals surface area contributed by atoms with E-state index >= 15 is 0 Å². The van der Waals surface area contributed by atoms with E-state index in [2.05, 4.69) is 33.0 Å². The number of rotatable bonds is 3. The molecule has 1 aliphatic rings. The van der Waals surface area contributed by atoms with Gasteiger partial charge in [0.25, 0.3) is 0 Å². The lowest BCUT2D eigenvalue weighted by Crippen LogP contribution is -2.39. The minimum atomic E-state index is -0.443. The van der Waals surface area contributed by atoms with Gasteiger partial charge in [-0.2, -0.15) is 0 Å². The highest BCUT2D eigenvalue weighted by Crippen LogP contribution is 2.29. The van der Waals surface area contributed by atoms with E-state index in [1.54, 1.807) is 14.0 Å². The van der Waals surface area contributed by atoms with E-state index in [4.69, 9.17) is 4.74 Å². The summed E-state index contributed by atoms with van der Waals surface area (Å²) in [5, 5.41) is 9.62. The van der Waals surface area contributed by atoms with Crippen molar-refractivity contribution in [1.29, 1.82) is 0 Å². The van der Waals surface area contributed by atoms with Gasteiger partial charge in [0.2, 0.25) is 0 Å². The predicted molar refractivity (Wildman–Crippen MR) is 77.0 cm³/mol. The molecule has 1 N–H and O–H groups in total. The third-order valence-corrected chi connectivity index (χ3v) is 4.20. The maximum atomic E-state index is 9.62. The maximum Gasteiger partial charge on any atom is 0.0772 e. The molecule has 1 aliphatic heterocycles. The van der Waals surface area contributed by atoms with Gasteiger partial charge in [-0.1, -0.05) is 22.0 Å². The second-order valence-corrected chi connectivity index (χ2v) is 5.68. The summed E-state index contributed by atoms with van der Waals surface area (Å²) >= 11 is 3.53. The van der Waals surface area contributed by atoms with E-state index in [1.165, 1.54) is 5.69 Å². The molecule has 0 bridgehead atoms. The van der Waals surface area contributed by atoms with Gasteiger partial charge < -0.3 is 14.7 Å². The van der Waals surface area contributed by atoms with Gasteiger partial charge >= 0.3 is 0 Å². The number of piperidine rings is 1. The zero-order valence-corrected chi connectivity index (χ0v) is 12.5. The summed E-state index contributed by atoms with van der Waals surface area (Å²) in [6.45, 7) is 3.79. The highest BCUT2D eigenvalue weighted by molar-refractivity contribution is 9.10. The fourth-order valence-corrected chi connectivity index (χ4v) is 3.11. The summed E-state index contributed by atoms with van der Waals surface area (Å²) in [6, 6.07) is 6.14. The Bertz CT molecular complexity index is 409. The first-order valence-corrected chi connectivity index (χ1v) is 7.16. The van der Waals surface area contributed by atoms with Gasteiger partial charge in [0.15, 0.2) is 0 Å². The number of hydrogen-bond acceptors (Lipinski definition) is 3. The van der Waals surface area contributed by atoms with Gasteiger partial charge in [0, 0.05) is 30.4 Å². The van der Waals surface area contributed by atoms with E-state index in [-0.39, 0.29) is 0 Å². The Hall–Kier alpha value is -0.580. The number of nitrogens with zero attached hydrogens (tertiary/aromatic N) is 1. The van der Waals surface area contributed by atoms with E-state index in [1.807, 2.05) is 6.07 Å². The van der Waals surface area contributed by atoms with Crippen molar-refractivity contribution in [3.05, 3.63) is 28.2 Å². The Morgan fingerprint density at radius 3 is 2.89 bits per heavy atom. The average molecular weight is 314 g/mol. The van der Waals surface area contributed by atoms with Crippen LogP contribution in [0.5, 0.6) is 0 Å². The van der Waals surface area contributed by atoms with E-state index in [9.17, 15) is 5.11 Å². The molecular weight excluding hydrogens is 294 g/mol.